The average Bonchev–Trinajstić information content (AvgIpc) is 2.24. The van der Waals surface area contributed by atoms with Crippen molar-refractivity contribution in [3.63, 3.8) is 0 Å². The second-order valence-electron chi connectivity index (χ2n) is 4.37. The van der Waals surface area contributed by atoms with Gasteiger partial charge < -0.3 is 10.1 Å². The fraction of sp³-hybridized carbons (Fsp3) is 1.00. The lowest BCUT2D eigenvalue weighted by molar-refractivity contribution is -0.0175. The average molecular weight is 214 g/mol. The van der Waals surface area contributed by atoms with Gasteiger partial charge in [-0.15, -0.1) is 0 Å². The molecule has 0 saturated carbocycles. The van der Waals surface area contributed by atoms with Crippen LogP contribution < -0.4 is 10.7 Å². The summed E-state index contributed by atoms with van der Waals surface area (Å²) in [5, 5.41) is 5.75. The van der Waals surface area contributed by atoms with Crippen molar-refractivity contribution in [1.82, 2.24) is 15.8 Å². The first-order valence-electron chi connectivity index (χ1n) is 5.82. The molecule has 0 spiro atoms. The van der Waals surface area contributed by atoms with Gasteiger partial charge in [0.25, 0.3) is 0 Å². The van der Waals surface area contributed by atoms with Gasteiger partial charge in [-0.2, -0.15) is 5.43 Å². The number of rotatable bonds is 5. The normalized spacial score (nSPS) is 33.2. The van der Waals surface area contributed by atoms with Crippen LogP contribution in [0.2, 0.25) is 0 Å². The third-order valence-electron chi connectivity index (χ3n) is 3.58. The first-order chi connectivity index (χ1) is 7.15. The van der Waals surface area contributed by atoms with Gasteiger partial charge in [0, 0.05) is 31.8 Å². The highest BCUT2D eigenvalue weighted by molar-refractivity contribution is 4.96. The zero-order chi connectivity index (χ0) is 11.3. The molecule has 1 heterocycles. The van der Waals surface area contributed by atoms with E-state index in [1.807, 2.05) is 0 Å². The third kappa shape index (κ3) is 2.91. The van der Waals surface area contributed by atoms with Crippen LogP contribution in [-0.4, -0.2) is 49.9 Å². The molecule has 1 saturated heterocycles. The second kappa shape index (κ2) is 5.80. The van der Waals surface area contributed by atoms with E-state index in [0.29, 0.717) is 12.6 Å². The van der Waals surface area contributed by atoms with E-state index in [-0.39, 0.29) is 5.54 Å². The van der Waals surface area contributed by atoms with Crippen molar-refractivity contribution in [2.75, 3.05) is 33.4 Å². The minimum Gasteiger partial charge on any atom is -0.383 e. The standard InChI is InChI=1S/C11H24N3O/c1-5-11(3)10(2)12-6-8-14(11)13-7-9-15-4/h10,12H,5-9H2,1-4H3. The summed E-state index contributed by atoms with van der Waals surface area (Å²) in [7, 11) is 1.72. The van der Waals surface area contributed by atoms with E-state index in [1.54, 1.807) is 7.11 Å². The Bertz CT molecular complexity index is 189. The zero-order valence-corrected chi connectivity index (χ0v) is 10.4. The molecule has 1 aliphatic heterocycles. The maximum atomic E-state index is 5.03. The Morgan fingerprint density at radius 3 is 2.93 bits per heavy atom. The molecule has 89 valence electrons. The molecule has 1 aliphatic rings. The zero-order valence-electron chi connectivity index (χ0n) is 10.4. The van der Waals surface area contributed by atoms with E-state index < -0.39 is 0 Å². The first-order valence-corrected chi connectivity index (χ1v) is 5.82. The molecule has 0 aliphatic carbocycles. The second-order valence-corrected chi connectivity index (χ2v) is 4.37. The summed E-state index contributed by atoms with van der Waals surface area (Å²) in [6.45, 7) is 10.2. The highest BCUT2D eigenvalue weighted by Crippen LogP contribution is 2.24. The van der Waals surface area contributed by atoms with E-state index in [1.165, 1.54) is 0 Å². The summed E-state index contributed by atoms with van der Waals surface area (Å²) in [5.41, 5.74) is 4.76. The van der Waals surface area contributed by atoms with E-state index in [0.717, 1.165) is 26.1 Å². The third-order valence-corrected chi connectivity index (χ3v) is 3.58. The lowest BCUT2D eigenvalue weighted by atomic mass is 9.88. The van der Waals surface area contributed by atoms with Crippen molar-refractivity contribution in [2.45, 2.75) is 38.8 Å². The smallest absolute Gasteiger partial charge is 0.0619 e. The number of hydrogen-bond donors (Lipinski definition) is 1. The molecule has 2 atom stereocenters. The number of hydrogen-bond acceptors (Lipinski definition) is 3. The molecule has 0 bridgehead atoms. The van der Waals surface area contributed by atoms with Crippen molar-refractivity contribution in [3.8, 4) is 0 Å². The molecule has 0 aromatic carbocycles. The van der Waals surface area contributed by atoms with Gasteiger partial charge in [-0.3, -0.25) is 0 Å². The van der Waals surface area contributed by atoms with Crippen LogP contribution in [0.15, 0.2) is 0 Å². The summed E-state index contributed by atoms with van der Waals surface area (Å²) in [6, 6.07) is 0.488. The Morgan fingerprint density at radius 2 is 2.33 bits per heavy atom. The van der Waals surface area contributed by atoms with E-state index >= 15 is 0 Å². The molecular formula is C11H24N3O. The number of nitrogens with zero attached hydrogens (tertiary/aromatic N) is 2. The van der Waals surface area contributed by atoms with Crippen molar-refractivity contribution in [1.29, 1.82) is 0 Å². The fourth-order valence-corrected chi connectivity index (χ4v) is 2.06. The number of nitrogens with one attached hydrogen (secondary N) is 1. The lowest BCUT2D eigenvalue weighted by Crippen LogP contribution is -2.66. The first kappa shape index (κ1) is 12.9. The predicted octanol–water partition coefficient (Wildman–Crippen LogP) is 0.615. The molecule has 15 heavy (non-hydrogen) atoms. The van der Waals surface area contributed by atoms with E-state index in [2.05, 4.69) is 36.5 Å². The molecule has 1 rings (SSSR count). The van der Waals surface area contributed by atoms with Crippen LogP contribution in [0.3, 0.4) is 0 Å². The van der Waals surface area contributed by atoms with Crippen LogP contribution in [0.4, 0.5) is 0 Å². The predicted molar refractivity (Wildman–Crippen MR) is 61.7 cm³/mol. The minimum absolute atomic E-state index is 0.145. The van der Waals surface area contributed by atoms with Crippen LogP contribution in [-0.2, 0) is 4.74 Å². The van der Waals surface area contributed by atoms with Gasteiger partial charge in [-0.1, -0.05) is 6.92 Å². The molecule has 2 unspecified atom stereocenters. The molecule has 0 aromatic heterocycles. The molecule has 1 N–H and O–H groups in total. The van der Waals surface area contributed by atoms with Gasteiger partial charge in [0.2, 0.25) is 0 Å². The fourth-order valence-electron chi connectivity index (χ4n) is 2.06. The van der Waals surface area contributed by atoms with Gasteiger partial charge in [0.15, 0.2) is 0 Å². The van der Waals surface area contributed by atoms with Crippen molar-refractivity contribution >= 4 is 0 Å². The summed E-state index contributed by atoms with van der Waals surface area (Å²) in [6.07, 6.45) is 1.11. The molecular weight excluding hydrogens is 190 g/mol. The molecule has 0 amide bonds. The van der Waals surface area contributed by atoms with Crippen molar-refractivity contribution < 1.29 is 4.74 Å². The maximum Gasteiger partial charge on any atom is 0.0619 e. The number of methoxy groups -OCH3 is 1. The number of piperazine rings is 1. The monoisotopic (exact) mass is 214 g/mol. The van der Waals surface area contributed by atoms with Crippen LogP contribution >= 0.6 is 0 Å². The van der Waals surface area contributed by atoms with E-state index in [9.17, 15) is 0 Å². The van der Waals surface area contributed by atoms with Crippen molar-refractivity contribution in [3.05, 3.63) is 0 Å². The molecule has 4 nitrogen and oxygen atoms in total. The van der Waals surface area contributed by atoms with Gasteiger partial charge in [-0.05, 0) is 20.3 Å². The van der Waals surface area contributed by atoms with Gasteiger partial charge in [0.1, 0.15) is 0 Å². The number of ether oxygens (including phenoxy) is 1. The topological polar surface area (TPSA) is 38.6 Å². The summed E-state index contributed by atoms with van der Waals surface area (Å²) >= 11 is 0. The summed E-state index contributed by atoms with van der Waals surface area (Å²) < 4.78 is 5.03. The molecule has 0 aromatic rings. The SMILES string of the molecule is CCC1(C)C(C)NCCN1[N]CCOC. The van der Waals surface area contributed by atoms with Crippen LogP contribution in [0.5, 0.6) is 0 Å². The Balaban J connectivity index is 2.51. The summed E-state index contributed by atoms with van der Waals surface area (Å²) in [5.74, 6) is 0. The van der Waals surface area contributed by atoms with Gasteiger partial charge in [0.05, 0.1) is 13.2 Å². The molecule has 1 fully saturated rings. The molecule has 1 radical (unpaired) electrons. The van der Waals surface area contributed by atoms with Crippen LogP contribution in [0.1, 0.15) is 27.2 Å². The van der Waals surface area contributed by atoms with E-state index in [4.69, 9.17) is 4.74 Å². The highest BCUT2D eigenvalue weighted by atomic mass is 16.5. The molecule has 4 heteroatoms. The Labute approximate surface area is 93.3 Å². The van der Waals surface area contributed by atoms with Gasteiger partial charge >= 0.3 is 0 Å². The van der Waals surface area contributed by atoms with Crippen LogP contribution in [0, 0.1) is 0 Å². The maximum absolute atomic E-state index is 5.03. The van der Waals surface area contributed by atoms with Crippen LogP contribution in [0.25, 0.3) is 0 Å². The highest BCUT2D eigenvalue weighted by Gasteiger charge is 2.38. The quantitative estimate of drug-likeness (QED) is 0.682. The Hall–Kier alpha value is -0.160. The summed E-state index contributed by atoms with van der Waals surface area (Å²) in [4.78, 5) is 0. The largest absolute Gasteiger partial charge is 0.383 e. The Morgan fingerprint density at radius 1 is 1.60 bits per heavy atom. The Kier molecular flexibility index (Phi) is 4.99. The lowest BCUT2D eigenvalue weighted by Gasteiger charge is -2.48. The van der Waals surface area contributed by atoms with Crippen molar-refractivity contribution in [2.24, 2.45) is 0 Å². The minimum atomic E-state index is 0.145. The van der Waals surface area contributed by atoms with Gasteiger partial charge in [-0.25, -0.2) is 5.01 Å².